The number of nitrogen functional groups attached to an aromatic ring is 1. The molecule has 43 heteroatoms. The van der Waals surface area contributed by atoms with Gasteiger partial charge in [0.1, 0.15) is 72.6 Å². The van der Waals surface area contributed by atoms with Gasteiger partial charge in [-0.05, 0) is 75.3 Å². The molecule has 0 saturated carbocycles. The van der Waals surface area contributed by atoms with E-state index in [1.165, 1.54) is 24.3 Å². The van der Waals surface area contributed by atoms with Crippen LogP contribution < -0.4 is 86.3 Å². The highest BCUT2D eigenvalue weighted by molar-refractivity contribution is 6.05. The first-order valence-electron chi connectivity index (χ1n) is 37.7. The number of aromatic amines is 1. The zero-order valence-electron chi connectivity index (χ0n) is 65.2. The van der Waals surface area contributed by atoms with Crippen LogP contribution in [0.3, 0.4) is 0 Å². The third kappa shape index (κ3) is 33.7. The molecule has 1 aliphatic heterocycles. The molecule has 642 valence electrons. The van der Waals surface area contributed by atoms with E-state index in [1.54, 1.807) is 30.5 Å². The molecule has 117 heavy (non-hydrogen) atoms. The molecule has 1 fully saturated rings. The third-order valence-electron chi connectivity index (χ3n) is 18.3. The summed E-state index contributed by atoms with van der Waals surface area (Å²) >= 11 is 0. The number of aliphatic hydroxyl groups excluding tert-OH is 1. The van der Waals surface area contributed by atoms with Crippen molar-refractivity contribution in [3.63, 3.8) is 0 Å². The van der Waals surface area contributed by atoms with Crippen molar-refractivity contribution in [2.45, 2.75) is 216 Å². The number of aromatic nitrogens is 1. The summed E-state index contributed by atoms with van der Waals surface area (Å²) in [5, 5.41) is 78.7. The molecule has 4 rings (SSSR count). The van der Waals surface area contributed by atoms with Crippen molar-refractivity contribution in [2.24, 2.45) is 23.3 Å². The monoisotopic (exact) mass is 1650 g/mol. The number of carboxylic acids is 4. The van der Waals surface area contributed by atoms with Gasteiger partial charge in [-0.2, -0.15) is 0 Å². The molecule has 43 nitrogen and oxygen atoms in total. The van der Waals surface area contributed by atoms with Gasteiger partial charge >= 0.3 is 29.8 Å². The van der Waals surface area contributed by atoms with Crippen LogP contribution in [0.5, 0.6) is 0 Å². The van der Waals surface area contributed by atoms with Gasteiger partial charge in [0.05, 0.1) is 51.8 Å². The molecule has 0 aliphatic carbocycles. The van der Waals surface area contributed by atoms with Crippen LogP contribution >= 0.6 is 0 Å². The topological polar surface area (TPSA) is 702 Å². The molecule has 13 atom stereocenters. The highest BCUT2D eigenvalue weighted by Crippen LogP contribution is 2.22. The quantitative estimate of drug-likeness (QED) is 0.0112. The van der Waals surface area contributed by atoms with Crippen LogP contribution in [0, 0.1) is 11.8 Å². The molecule has 1 aliphatic rings. The van der Waals surface area contributed by atoms with Crippen molar-refractivity contribution in [1.82, 2.24) is 74.1 Å². The van der Waals surface area contributed by atoms with Gasteiger partial charge in [-0.25, -0.2) is 4.79 Å². The van der Waals surface area contributed by atoms with Crippen LogP contribution in [0.1, 0.15) is 153 Å². The Morgan fingerprint density at radius 2 is 1.08 bits per heavy atom. The first kappa shape index (κ1) is 96.7. The molecular weight excluding hydrogens is 1540 g/mol. The Kier molecular flexibility index (Phi) is 40.1. The number of carboxylic acid groups (broad SMARTS) is 4. The number of fused-ring (bicyclic) bond motifs is 1. The number of benzene rings is 2. The van der Waals surface area contributed by atoms with Gasteiger partial charge in [-0.1, -0.05) is 89.6 Å². The molecule has 2 aromatic carbocycles. The summed E-state index contributed by atoms with van der Waals surface area (Å²) in [6, 6.07) is -10.5. The number of aliphatic carboxylic acids is 4. The zero-order valence-corrected chi connectivity index (χ0v) is 65.2. The molecular formula is C74H105N17O26. The number of amides is 14. The number of esters is 1. The van der Waals surface area contributed by atoms with Gasteiger partial charge in [0, 0.05) is 47.6 Å². The lowest BCUT2D eigenvalue weighted by molar-refractivity contribution is -0.156. The fourth-order valence-electron chi connectivity index (χ4n) is 12.0. The van der Waals surface area contributed by atoms with Crippen LogP contribution in [0.15, 0.2) is 54.7 Å². The van der Waals surface area contributed by atoms with Crippen molar-refractivity contribution >= 4 is 135 Å². The zero-order chi connectivity index (χ0) is 87.3. The van der Waals surface area contributed by atoms with E-state index in [2.05, 4.69) is 72.0 Å². The first-order chi connectivity index (χ1) is 55.2. The van der Waals surface area contributed by atoms with Gasteiger partial charge in [-0.15, -0.1) is 0 Å². The number of hydrogen-bond acceptors (Lipinski definition) is 24. The Labute approximate surface area is 670 Å². The smallest absolute Gasteiger partial charge is 0.329 e. The number of H-pyrrole nitrogens is 1. The van der Waals surface area contributed by atoms with Gasteiger partial charge < -0.3 is 122 Å². The van der Waals surface area contributed by atoms with Crippen molar-refractivity contribution in [1.29, 1.82) is 0 Å². The Hall–Kier alpha value is -12.7. The largest absolute Gasteiger partial charge is 0.481 e. The standard InChI is InChI=1S/C74H105N17O26/c1-36(2)17-10-8-6-7-9-11-23-55(95)83-46(26-40-32-78-44-21-15-13-18-41(40)44)68(110)86-47(28-54(77)94)69(111)88-50(31-61(104)105)70(112)91-63-39(5)117-74(116)51(27-53(93)42-19-12-14-20-43(42)76)89-73(115)62(37(3)25-58(98)99)90-71(113)52(35-92)84-57(97)33-79-65(107)48(29-59(100)101)85-64(106)38(4)81-67(109)49(30-60(102)103)87-66(108)45(22-16-24-75)82-56(96)34-80-72(63)114/h12-15,18-21,32,36-39,45-52,62-63,78,92H,6-11,16-17,22-31,33-35,75-76H2,1-5H3,(H2,77,94)(H,79,107)(H,80,114)(H,81,109)(H,82,96)(H,83,95)(H,84,97)(H,85,106)(H,86,110)(H,87,108)(H,88,111)(H,89,115)(H,90,113)(H,91,112)(H,98,99)(H,100,101)(H,102,103)(H,104,105)/t37-,38+,39?,45-,46-,47+,48-,49?,50-,51-,52+,62?,63?/m0/s1. The number of aliphatic hydroxyl groups is 1. The minimum atomic E-state index is -2.45. The lowest BCUT2D eigenvalue weighted by Gasteiger charge is -2.30. The number of para-hydroxylation sites is 2. The number of Topliss-reactive ketones (excluding diaryl/α,β-unsaturated/α-hetero) is 1. The van der Waals surface area contributed by atoms with Crippen molar-refractivity contribution in [3.8, 4) is 0 Å². The number of ketones is 1. The van der Waals surface area contributed by atoms with E-state index in [-0.39, 0.29) is 37.1 Å². The second-order valence-electron chi connectivity index (χ2n) is 28.4. The van der Waals surface area contributed by atoms with Crippen LogP contribution in [0.2, 0.25) is 0 Å². The van der Waals surface area contributed by atoms with Gasteiger partial charge in [0.25, 0.3) is 0 Å². The molecule has 25 N–H and O–H groups in total. The minimum absolute atomic E-state index is 0.0204. The molecule has 0 radical (unpaired) electrons. The SMILES string of the molecule is CC(C)CCCCCCCCC(=O)N[C@@H](Cc1c[nH]c2ccccc12)C(=O)N[C@H](CC(N)=O)C(=O)N[C@@H](CC(=O)O)C(=O)NC1C(=O)NCC(=O)N[C@@H](CCCN)C(=O)NC(CC(=O)O)C(=O)N[C@H](C)C(=O)N[C@@H](CC(=O)O)C(=O)NCC(=O)N[C@H](CO)C(=O)NC([C@@H](C)CC(=O)O)C(=O)N[C@@H](CC(=O)c2ccccc2N)C(=O)OC1C. The summed E-state index contributed by atoms with van der Waals surface area (Å²) < 4.78 is 5.69. The number of rotatable bonds is 36. The fraction of sp³-hybridized carbons (Fsp3) is 0.541. The summed E-state index contributed by atoms with van der Waals surface area (Å²) in [6.07, 6.45) is -2.27. The minimum Gasteiger partial charge on any atom is -0.481 e. The predicted molar refractivity (Wildman–Crippen MR) is 409 cm³/mol. The average Bonchev–Trinajstić information content (AvgIpc) is 1.69. The maximum atomic E-state index is 14.9. The average molecular weight is 1650 g/mol. The lowest BCUT2D eigenvalue weighted by atomic mass is 9.96. The second kappa shape index (κ2) is 48.5. The normalized spacial score (nSPS) is 21.1. The summed E-state index contributed by atoms with van der Waals surface area (Å²) in [4.78, 5) is 276. The number of anilines is 1. The van der Waals surface area contributed by atoms with Crippen molar-refractivity contribution in [3.05, 3.63) is 65.9 Å². The maximum absolute atomic E-state index is 14.9. The number of cyclic esters (lactones) is 1. The lowest BCUT2D eigenvalue weighted by Crippen LogP contribution is -2.62. The Morgan fingerprint density at radius 3 is 1.68 bits per heavy atom. The van der Waals surface area contributed by atoms with Gasteiger partial charge in [0.15, 0.2) is 5.78 Å². The number of carbonyl (C=O) groups is 20. The van der Waals surface area contributed by atoms with Crippen molar-refractivity contribution in [2.75, 3.05) is 32.0 Å². The molecule has 1 aromatic heterocycles. The van der Waals surface area contributed by atoms with E-state index < -0.39 is 261 Å². The number of unbranched alkanes of at least 4 members (excludes halogenated alkanes) is 5. The molecule has 3 aromatic rings. The van der Waals surface area contributed by atoms with E-state index in [0.717, 1.165) is 52.9 Å². The van der Waals surface area contributed by atoms with Gasteiger partial charge in [0.2, 0.25) is 82.7 Å². The molecule has 1 saturated heterocycles. The number of ether oxygens (including phenoxy) is 1. The molecule has 0 bridgehead atoms. The number of nitrogens with one attached hydrogen (secondary N) is 14. The molecule has 4 unspecified atom stereocenters. The van der Waals surface area contributed by atoms with Crippen molar-refractivity contribution < 1.29 is 126 Å². The third-order valence-corrected chi connectivity index (χ3v) is 18.3. The van der Waals surface area contributed by atoms with E-state index in [0.29, 0.717) is 35.2 Å². The first-order valence-corrected chi connectivity index (χ1v) is 37.7. The van der Waals surface area contributed by atoms with Crippen LogP contribution in [-0.4, -0.2) is 248 Å². The molecule has 14 amide bonds. The summed E-state index contributed by atoms with van der Waals surface area (Å²) in [6.45, 7) is 3.31. The Morgan fingerprint density at radius 1 is 0.538 bits per heavy atom. The second-order valence-corrected chi connectivity index (χ2v) is 28.4. The van der Waals surface area contributed by atoms with E-state index in [4.69, 9.17) is 21.9 Å². The number of primary amides is 1. The molecule has 2 heterocycles. The van der Waals surface area contributed by atoms with Crippen LogP contribution in [0.25, 0.3) is 10.9 Å². The summed E-state index contributed by atoms with van der Waals surface area (Å²) in [5.74, 6) is -29.2. The summed E-state index contributed by atoms with van der Waals surface area (Å²) in [5.41, 5.74) is 18.1. The number of carbonyl (C=O) groups excluding carboxylic acids is 16. The predicted octanol–water partition coefficient (Wildman–Crippen LogP) is -4.99. The van der Waals surface area contributed by atoms with E-state index in [9.17, 15) is 121 Å². The Bertz CT molecular complexity index is 4100. The Balaban J connectivity index is 1.86. The highest BCUT2D eigenvalue weighted by atomic mass is 16.5. The van der Waals surface area contributed by atoms with E-state index >= 15 is 0 Å². The summed E-state index contributed by atoms with van der Waals surface area (Å²) in [7, 11) is 0. The van der Waals surface area contributed by atoms with Crippen LogP contribution in [0.4, 0.5) is 5.69 Å². The fourth-order valence-corrected chi connectivity index (χ4v) is 12.0. The van der Waals surface area contributed by atoms with E-state index in [1.807, 2.05) is 16.0 Å². The number of hydrogen-bond donors (Lipinski definition) is 22. The molecule has 0 spiro atoms. The highest BCUT2D eigenvalue weighted by Gasteiger charge is 2.41. The maximum Gasteiger partial charge on any atom is 0.329 e. The number of nitrogens with two attached hydrogens (primary N) is 3. The van der Waals surface area contributed by atoms with Crippen LogP contribution in [-0.2, 0) is 102 Å². The van der Waals surface area contributed by atoms with Gasteiger partial charge in [-0.3, -0.25) is 91.1 Å².